The SMILES string of the molecule is CCCNc1ccccc1C(Sc1ccccc1)(C(=O)N1CCOCC1)c1ccccc1. The topological polar surface area (TPSA) is 41.6 Å². The average molecular weight is 447 g/mol. The number of rotatable bonds is 8. The Morgan fingerprint density at radius 2 is 1.56 bits per heavy atom. The van der Waals surface area contributed by atoms with Crippen molar-refractivity contribution in [3.05, 3.63) is 96.1 Å². The fraction of sp³-hybridized carbons (Fsp3) is 0.296. The molecule has 3 aromatic carbocycles. The Labute approximate surface area is 195 Å². The number of thioether (sulfide) groups is 1. The maximum absolute atomic E-state index is 14.5. The van der Waals surface area contributed by atoms with Crippen LogP contribution in [0.4, 0.5) is 5.69 Å². The molecular formula is C27H30N2O2S. The van der Waals surface area contributed by atoms with E-state index in [0.29, 0.717) is 26.3 Å². The van der Waals surface area contributed by atoms with Crippen molar-refractivity contribution < 1.29 is 9.53 Å². The number of nitrogens with zero attached hydrogens (tertiary/aromatic N) is 1. The molecule has 1 aliphatic rings. The third-order valence-corrected chi connectivity index (χ3v) is 7.11. The first-order valence-corrected chi connectivity index (χ1v) is 12.1. The van der Waals surface area contributed by atoms with Gasteiger partial charge in [0.15, 0.2) is 4.75 Å². The van der Waals surface area contributed by atoms with Crippen molar-refractivity contribution in [1.29, 1.82) is 0 Å². The third kappa shape index (κ3) is 4.69. The van der Waals surface area contributed by atoms with Gasteiger partial charge < -0.3 is 15.0 Å². The van der Waals surface area contributed by atoms with Crippen molar-refractivity contribution in [1.82, 2.24) is 4.90 Å². The zero-order valence-electron chi connectivity index (χ0n) is 18.5. The van der Waals surface area contributed by atoms with Crippen molar-refractivity contribution in [2.75, 3.05) is 38.2 Å². The lowest BCUT2D eigenvalue weighted by molar-refractivity contribution is -0.137. The van der Waals surface area contributed by atoms with Gasteiger partial charge in [0.25, 0.3) is 0 Å². The van der Waals surface area contributed by atoms with Crippen LogP contribution in [0.25, 0.3) is 0 Å². The van der Waals surface area contributed by atoms with Crippen LogP contribution < -0.4 is 5.32 Å². The Morgan fingerprint density at radius 3 is 2.25 bits per heavy atom. The summed E-state index contributed by atoms with van der Waals surface area (Å²) in [5, 5.41) is 3.57. The molecule has 1 aliphatic heterocycles. The molecule has 5 heteroatoms. The summed E-state index contributed by atoms with van der Waals surface area (Å²) in [5.41, 5.74) is 2.98. The highest BCUT2D eigenvalue weighted by molar-refractivity contribution is 8.01. The summed E-state index contributed by atoms with van der Waals surface area (Å²) >= 11 is 1.62. The average Bonchev–Trinajstić information content (AvgIpc) is 2.87. The molecule has 0 saturated carbocycles. The predicted octanol–water partition coefficient (Wildman–Crippen LogP) is 5.40. The van der Waals surface area contributed by atoms with Gasteiger partial charge in [0, 0.05) is 35.8 Å². The molecule has 1 atom stereocenters. The van der Waals surface area contributed by atoms with E-state index in [1.165, 1.54) is 0 Å². The number of hydrogen-bond acceptors (Lipinski definition) is 4. The van der Waals surface area contributed by atoms with Gasteiger partial charge in [-0.25, -0.2) is 0 Å². The number of morpholine rings is 1. The summed E-state index contributed by atoms with van der Waals surface area (Å²) < 4.78 is 4.64. The summed E-state index contributed by atoms with van der Waals surface area (Å²) in [6, 6.07) is 28.7. The molecule has 3 aromatic rings. The molecule has 0 spiro atoms. The van der Waals surface area contributed by atoms with E-state index in [2.05, 4.69) is 48.6 Å². The standard InChI is InChI=1S/C27H30N2O2S/c1-2-17-28-25-16-10-9-15-24(25)27(22-11-5-3-6-12-22,32-23-13-7-4-8-14-23)26(30)29-18-20-31-21-19-29/h3-16,28H,2,17-21H2,1H3. The van der Waals surface area contributed by atoms with Gasteiger partial charge in [-0.15, -0.1) is 0 Å². The highest BCUT2D eigenvalue weighted by Gasteiger charge is 2.47. The zero-order valence-corrected chi connectivity index (χ0v) is 19.3. The number of hydrogen-bond donors (Lipinski definition) is 1. The zero-order chi connectivity index (χ0) is 22.2. The maximum atomic E-state index is 14.5. The van der Waals surface area contributed by atoms with Crippen molar-refractivity contribution in [2.24, 2.45) is 0 Å². The van der Waals surface area contributed by atoms with Gasteiger partial charge >= 0.3 is 0 Å². The molecule has 1 heterocycles. The van der Waals surface area contributed by atoms with Gasteiger partial charge in [0.2, 0.25) is 5.91 Å². The second kappa shape index (κ2) is 10.7. The minimum Gasteiger partial charge on any atom is -0.385 e. The van der Waals surface area contributed by atoms with Crippen LogP contribution in [-0.4, -0.2) is 43.7 Å². The van der Waals surface area contributed by atoms with Gasteiger partial charge in [-0.1, -0.05) is 85.4 Å². The summed E-state index contributed by atoms with van der Waals surface area (Å²) in [7, 11) is 0. The predicted molar refractivity (Wildman–Crippen MR) is 132 cm³/mol. The molecule has 1 unspecified atom stereocenters. The number of benzene rings is 3. The Balaban J connectivity index is 1.93. The van der Waals surface area contributed by atoms with E-state index < -0.39 is 4.75 Å². The molecule has 1 amide bonds. The second-order valence-electron chi connectivity index (χ2n) is 7.84. The molecule has 1 N–H and O–H groups in total. The minimum atomic E-state index is -0.919. The second-order valence-corrected chi connectivity index (χ2v) is 9.13. The van der Waals surface area contributed by atoms with Gasteiger partial charge in [-0.2, -0.15) is 0 Å². The number of ether oxygens (including phenoxy) is 1. The Hall–Kier alpha value is -2.76. The van der Waals surface area contributed by atoms with Crippen LogP contribution in [0.2, 0.25) is 0 Å². The first-order chi connectivity index (χ1) is 15.8. The highest BCUT2D eigenvalue weighted by atomic mass is 32.2. The summed E-state index contributed by atoms with van der Waals surface area (Å²) in [6.45, 7) is 5.35. The third-order valence-electron chi connectivity index (χ3n) is 5.67. The van der Waals surface area contributed by atoms with E-state index in [1.807, 2.05) is 53.4 Å². The number of para-hydroxylation sites is 1. The van der Waals surface area contributed by atoms with E-state index in [1.54, 1.807) is 11.8 Å². The van der Waals surface area contributed by atoms with Gasteiger partial charge in [0.1, 0.15) is 0 Å². The van der Waals surface area contributed by atoms with Crippen LogP contribution in [0.3, 0.4) is 0 Å². The van der Waals surface area contributed by atoms with Crippen LogP contribution in [0.15, 0.2) is 89.8 Å². The van der Waals surface area contributed by atoms with E-state index >= 15 is 0 Å². The Bertz CT molecular complexity index is 1010. The lowest BCUT2D eigenvalue weighted by Gasteiger charge is -2.40. The molecule has 4 nitrogen and oxygen atoms in total. The van der Waals surface area contributed by atoms with Crippen molar-refractivity contribution in [2.45, 2.75) is 23.0 Å². The van der Waals surface area contributed by atoms with E-state index in [9.17, 15) is 4.79 Å². The van der Waals surface area contributed by atoms with Crippen molar-refractivity contribution >= 4 is 23.4 Å². The quantitative estimate of drug-likeness (QED) is 0.470. The van der Waals surface area contributed by atoms with Crippen LogP contribution >= 0.6 is 11.8 Å². The van der Waals surface area contributed by atoms with Crippen LogP contribution in [0, 0.1) is 0 Å². The number of anilines is 1. The fourth-order valence-corrected chi connectivity index (χ4v) is 5.49. The molecule has 166 valence electrons. The molecule has 1 fully saturated rings. The largest absolute Gasteiger partial charge is 0.385 e. The number of carbonyl (C=O) groups is 1. The van der Waals surface area contributed by atoms with Gasteiger partial charge in [-0.3, -0.25) is 4.79 Å². The number of carbonyl (C=O) groups excluding carboxylic acids is 1. The smallest absolute Gasteiger partial charge is 0.248 e. The first kappa shape index (κ1) is 22.4. The number of nitrogens with one attached hydrogen (secondary N) is 1. The Kier molecular flexibility index (Phi) is 7.51. The molecule has 1 saturated heterocycles. The van der Waals surface area contributed by atoms with Crippen molar-refractivity contribution in [3.63, 3.8) is 0 Å². The van der Waals surface area contributed by atoms with E-state index in [4.69, 9.17) is 4.74 Å². The van der Waals surface area contributed by atoms with Gasteiger partial charge in [-0.05, 0) is 30.2 Å². The summed E-state index contributed by atoms with van der Waals surface area (Å²) in [4.78, 5) is 17.5. The molecular weight excluding hydrogens is 416 g/mol. The monoisotopic (exact) mass is 446 g/mol. The molecule has 0 radical (unpaired) electrons. The molecule has 0 bridgehead atoms. The lowest BCUT2D eigenvalue weighted by Crippen LogP contribution is -2.50. The van der Waals surface area contributed by atoms with Crippen LogP contribution in [0.1, 0.15) is 24.5 Å². The summed E-state index contributed by atoms with van der Waals surface area (Å²) in [5.74, 6) is 0.103. The fourth-order valence-electron chi connectivity index (χ4n) is 4.08. The van der Waals surface area contributed by atoms with Crippen molar-refractivity contribution in [3.8, 4) is 0 Å². The highest BCUT2D eigenvalue weighted by Crippen LogP contribution is 2.50. The molecule has 32 heavy (non-hydrogen) atoms. The van der Waals surface area contributed by atoms with Gasteiger partial charge in [0.05, 0.1) is 13.2 Å². The van der Waals surface area contributed by atoms with E-state index in [-0.39, 0.29) is 5.91 Å². The first-order valence-electron chi connectivity index (χ1n) is 11.3. The molecule has 0 aliphatic carbocycles. The number of amides is 1. The summed E-state index contributed by atoms with van der Waals surface area (Å²) in [6.07, 6.45) is 1.01. The molecule has 4 rings (SSSR count). The lowest BCUT2D eigenvalue weighted by atomic mass is 9.87. The van der Waals surface area contributed by atoms with Crippen LogP contribution in [0.5, 0.6) is 0 Å². The normalized spacial score (nSPS) is 15.7. The van der Waals surface area contributed by atoms with E-state index in [0.717, 1.165) is 34.7 Å². The Morgan fingerprint density at radius 1 is 0.938 bits per heavy atom. The maximum Gasteiger partial charge on any atom is 0.248 e. The van der Waals surface area contributed by atoms with Crippen LogP contribution in [-0.2, 0) is 14.3 Å². The molecule has 0 aromatic heterocycles. The minimum absolute atomic E-state index is 0.103.